The van der Waals surface area contributed by atoms with E-state index >= 15 is 0 Å². The number of amides is 1. The van der Waals surface area contributed by atoms with Crippen LogP contribution >= 0.6 is 11.6 Å². The number of hydrogen-bond acceptors (Lipinski definition) is 5. The van der Waals surface area contributed by atoms with Gasteiger partial charge >= 0.3 is 5.63 Å². The van der Waals surface area contributed by atoms with Gasteiger partial charge in [-0.1, -0.05) is 11.6 Å². The Hall–Kier alpha value is -2.99. The second-order valence-corrected chi connectivity index (χ2v) is 6.69. The van der Waals surface area contributed by atoms with Crippen molar-refractivity contribution in [1.29, 1.82) is 0 Å². The zero-order valence-electron chi connectivity index (χ0n) is 14.5. The number of anilines is 1. The maximum Gasteiger partial charge on any atom is 0.336 e. The molecular weight excluding hydrogens is 370 g/mol. The summed E-state index contributed by atoms with van der Waals surface area (Å²) in [5.41, 5.74) is 2.09. The highest BCUT2D eigenvalue weighted by Gasteiger charge is 2.18. The Morgan fingerprint density at radius 2 is 1.96 bits per heavy atom. The van der Waals surface area contributed by atoms with Crippen molar-refractivity contribution in [2.45, 2.75) is 13.3 Å². The van der Waals surface area contributed by atoms with Gasteiger partial charge in [0.05, 0.1) is 11.4 Å². The fourth-order valence-corrected chi connectivity index (χ4v) is 3.35. The molecule has 0 saturated heterocycles. The number of halogens is 1. The Morgan fingerprint density at radius 3 is 2.81 bits per heavy atom. The number of ether oxygens (including phenoxy) is 2. The fraction of sp³-hybridized carbons (Fsp3) is 0.200. The van der Waals surface area contributed by atoms with E-state index in [1.807, 2.05) is 13.0 Å². The van der Waals surface area contributed by atoms with E-state index in [-0.39, 0.29) is 12.3 Å². The molecule has 0 bridgehead atoms. The Bertz CT molecular complexity index is 1110. The van der Waals surface area contributed by atoms with Crippen molar-refractivity contribution >= 4 is 34.2 Å². The van der Waals surface area contributed by atoms with Gasteiger partial charge in [0.2, 0.25) is 5.91 Å². The lowest BCUT2D eigenvalue weighted by Crippen LogP contribution is -2.17. The molecule has 1 aliphatic rings. The first kappa shape index (κ1) is 17.4. The lowest BCUT2D eigenvalue weighted by atomic mass is 10.1. The molecule has 0 unspecified atom stereocenters. The molecule has 0 atom stereocenters. The summed E-state index contributed by atoms with van der Waals surface area (Å²) in [7, 11) is 0. The van der Waals surface area contributed by atoms with E-state index in [0.717, 1.165) is 10.9 Å². The summed E-state index contributed by atoms with van der Waals surface area (Å²) >= 11 is 6.21. The third kappa shape index (κ3) is 3.61. The SMILES string of the molecule is Cc1cc(=O)oc2cc(NC(=O)Cc3cc(Cl)c4c(c3)OCCO4)ccc12. The molecule has 1 amide bonds. The quantitative estimate of drug-likeness (QED) is 0.695. The maximum atomic E-state index is 12.4. The lowest BCUT2D eigenvalue weighted by Gasteiger charge is -2.20. The predicted octanol–water partition coefficient (Wildman–Crippen LogP) is 3.71. The van der Waals surface area contributed by atoms with Gasteiger partial charge in [0.1, 0.15) is 18.8 Å². The Balaban J connectivity index is 1.54. The molecular formula is C20H16ClNO5. The average molecular weight is 386 g/mol. The predicted molar refractivity (Wildman–Crippen MR) is 102 cm³/mol. The van der Waals surface area contributed by atoms with Crippen LogP contribution in [-0.4, -0.2) is 19.1 Å². The molecule has 0 saturated carbocycles. The molecule has 0 aliphatic carbocycles. The van der Waals surface area contributed by atoms with Gasteiger partial charge in [-0.3, -0.25) is 4.79 Å². The van der Waals surface area contributed by atoms with Gasteiger partial charge in [-0.05, 0) is 42.3 Å². The number of hydrogen-bond donors (Lipinski definition) is 1. The van der Waals surface area contributed by atoms with Crippen LogP contribution in [-0.2, 0) is 11.2 Å². The summed E-state index contributed by atoms with van der Waals surface area (Å²) in [5.74, 6) is 0.823. The van der Waals surface area contributed by atoms with Crippen LogP contribution in [0.4, 0.5) is 5.69 Å². The molecule has 138 valence electrons. The van der Waals surface area contributed by atoms with Crippen LogP contribution in [0, 0.1) is 6.92 Å². The molecule has 1 aliphatic heterocycles. The Morgan fingerprint density at radius 1 is 1.15 bits per heavy atom. The first-order chi connectivity index (χ1) is 13.0. The van der Waals surface area contributed by atoms with Crippen LogP contribution in [0.1, 0.15) is 11.1 Å². The Kier molecular flexibility index (Phi) is 4.49. The van der Waals surface area contributed by atoms with Crippen LogP contribution in [0.2, 0.25) is 5.02 Å². The van der Waals surface area contributed by atoms with E-state index in [9.17, 15) is 9.59 Å². The van der Waals surface area contributed by atoms with Gasteiger partial charge < -0.3 is 19.2 Å². The number of benzene rings is 2. The number of carbonyl (C=O) groups excluding carboxylic acids is 1. The molecule has 3 aromatic rings. The van der Waals surface area contributed by atoms with E-state index < -0.39 is 5.63 Å². The van der Waals surface area contributed by atoms with E-state index in [1.165, 1.54) is 6.07 Å². The third-order valence-corrected chi connectivity index (χ3v) is 4.54. The molecule has 4 rings (SSSR count). The van der Waals surface area contributed by atoms with Crippen molar-refractivity contribution in [3.63, 3.8) is 0 Å². The number of carbonyl (C=O) groups is 1. The summed E-state index contributed by atoms with van der Waals surface area (Å²) in [6, 6.07) is 10.1. The topological polar surface area (TPSA) is 77.8 Å². The highest BCUT2D eigenvalue weighted by molar-refractivity contribution is 6.32. The van der Waals surface area contributed by atoms with Gasteiger partial charge in [0, 0.05) is 23.2 Å². The smallest absolute Gasteiger partial charge is 0.336 e. The minimum atomic E-state index is -0.422. The second-order valence-electron chi connectivity index (χ2n) is 6.29. The first-order valence-corrected chi connectivity index (χ1v) is 8.80. The molecule has 1 aromatic heterocycles. The third-order valence-electron chi connectivity index (χ3n) is 4.26. The molecule has 0 radical (unpaired) electrons. The van der Waals surface area contributed by atoms with E-state index in [4.69, 9.17) is 25.5 Å². The van der Waals surface area contributed by atoms with Crippen LogP contribution < -0.4 is 20.4 Å². The van der Waals surface area contributed by atoms with Crippen molar-refractivity contribution in [3.05, 3.63) is 63.0 Å². The summed E-state index contributed by atoms with van der Waals surface area (Å²) in [5, 5.41) is 4.04. The van der Waals surface area contributed by atoms with Crippen LogP contribution in [0.25, 0.3) is 11.0 Å². The number of fused-ring (bicyclic) bond motifs is 2. The standard InChI is InChI=1S/C20H16ClNO5/c1-11-6-19(24)27-16-10-13(2-3-14(11)16)22-18(23)9-12-7-15(21)20-17(8-12)25-4-5-26-20/h2-3,6-8,10H,4-5,9H2,1H3,(H,22,23). The maximum absolute atomic E-state index is 12.4. The molecule has 6 nitrogen and oxygen atoms in total. The van der Waals surface area contributed by atoms with E-state index in [2.05, 4.69) is 5.32 Å². The van der Waals surface area contributed by atoms with Gasteiger partial charge in [0.15, 0.2) is 11.5 Å². The van der Waals surface area contributed by atoms with Gasteiger partial charge in [-0.15, -0.1) is 0 Å². The van der Waals surface area contributed by atoms with E-state index in [1.54, 1.807) is 24.3 Å². The number of rotatable bonds is 3. The second kappa shape index (κ2) is 6.96. The summed E-state index contributed by atoms with van der Waals surface area (Å²) in [6.07, 6.45) is 0.117. The molecule has 0 fully saturated rings. The van der Waals surface area contributed by atoms with Gasteiger partial charge in [-0.2, -0.15) is 0 Å². The van der Waals surface area contributed by atoms with Crippen molar-refractivity contribution in [2.24, 2.45) is 0 Å². The highest BCUT2D eigenvalue weighted by Crippen LogP contribution is 2.38. The lowest BCUT2D eigenvalue weighted by molar-refractivity contribution is -0.115. The molecule has 0 spiro atoms. The number of nitrogens with one attached hydrogen (secondary N) is 1. The molecule has 27 heavy (non-hydrogen) atoms. The highest BCUT2D eigenvalue weighted by atomic mass is 35.5. The fourth-order valence-electron chi connectivity index (χ4n) is 3.06. The summed E-state index contributed by atoms with van der Waals surface area (Å²) < 4.78 is 16.2. The van der Waals surface area contributed by atoms with Crippen molar-refractivity contribution in [3.8, 4) is 11.5 Å². The number of aryl methyl sites for hydroxylation is 1. The minimum absolute atomic E-state index is 0.117. The average Bonchev–Trinajstić information content (AvgIpc) is 2.61. The van der Waals surface area contributed by atoms with Crippen LogP contribution in [0.5, 0.6) is 11.5 Å². The molecule has 7 heteroatoms. The largest absolute Gasteiger partial charge is 0.486 e. The molecule has 2 aromatic carbocycles. The van der Waals surface area contributed by atoms with Crippen LogP contribution in [0.3, 0.4) is 0 Å². The van der Waals surface area contributed by atoms with Gasteiger partial charge in [0.25, 0.3) is 0 Å². The molecule has 1 N–H and O–H groups in total. The minimum Gasteiger partial charge on any atom is -0.486 e. The van der Waals surface area contributed by atoms with Gasteiger partial charge in [-0.25, -0.2) is 4.79 Å². The zero-order chi connectivity index (χ0) is 19.0. The molecule has 2 heterocycles. The van der Waals surface area contributed by atoms with Crippen molar-refractivity contribution < 1.29 is 18.7 Å². The Labute approximate surface area is 159 Å². The zero-order valence-corrected chi connectivity index (χ0v) is 15.3. The monoisotopic (exact) mass is 385 g/mol. The van der Waals surface area contributed by atoms with Crippen molar-refractivity contribution in [1.82, 2.24) is 0 Å². The van der Waals surface area contributed by atoms with Crippen molar-refractivity contribution in [2.75, 3.05) is 18.5 Å². The summed E-state index contributed by atoms with van der Waals surface area (Å²) in [4.78, 5) is 24.0. The van der Waals surface area contributed by atoms with E-state index in [0.29, 0.717) is 46.6 Å². The first-order valence-electron chi connectivity index (χ1n) is 8.42. The summed E-state index contributed by atoms with van der Waals surface area (Å²) in [6.45, 7) is 2.73. The normalized spacial score (nSPS) is 12.8. The van der Waals surface area contributed by atoms with Crippen LogP contribution in [0.15, 0.2) is 45.6 Å².